The van der Waals surface area contributed by atoms with Crippen LogP contribution < -0.4 is 5.32 Å². The molecule has 4 aromatic heterocycles. The van der Waals surface area contributed by atoms with Crippen LogP contribution in [0.3, 0.4) is 0 Å². The van der Waals surface area contributed by atoms with E-state index in [2.05, 4.69) is 25.3 Å². The van der Waals surface area contributed by atoms with E-state index in [1.165, 1.54) is 0 Å². The standard InChI is InChI=1S/C19H18N6OS/c1-12-17(27-13(2)24-12)9-22-19(26)15-6-16-18(21-8-15)25(11-23-16)10-14-4-3-5-20-7-14/h3-8,11H,9-10H2,1-2H3,(H,22,26). The van der Waals surface area contributed by atoms with Crippen molar-refractivity contribution in [3.63, 3.8) is 0 Å². The number of carbonyl (C=O) groups excluding carboxylic acids is 1. The maximum absolute atomic E-state index is 12.5. The van der Waals surface area contributed by atoms with Crippen molar-refractivity contribution in [2.45, 2.75) is 26.9 Å². The van der Waals surface area contributed by atoms with Gasteiger partial charge in [0.25, 0.3) is 5.91 Å². The summed E-state index contributed by atoms with van der Waals surface area (Å²) in [7, 11) is 0. The van der Waals surface area contributed by atoms with Gasteiger partial charge < -0.3 is 9.88 Å². The molecule has 0 saturated carbocycles. The minimum Gasteiger partial charge on any atom is -0.347 e. The molecular formula is C19H18N6OS. The van der Waals surface area contributed by atoms with E-state index < -0.39 is 0 Å². The predicted octanol–water partition coefficient (Wildman–Crippen LogP) is 2.88. The van der Waals surface area contributed by atoms with E-state index in [4.69, 9.17) is 0 Å². The van der Waals surface area contributed by atoms with Crippen LogP contribution in [0.4, 0.5) is 0 Å². The van der Waals surface area contributed by atoms with Gasteiger partial charge in [-0.25, -0.2) is 15.0 Å². The Labute approximate surface area is 160 Å². The van der Waals surface area contributed by atoms with E-state index >= 15 is 0 Å². The number of nitrogens with zero attached hydrogens (tertiary/aromatic N) is 5. The summed E-state index contributed by atoms with van der Waals surface area (Å²) in [5, 5.41) is 3.93. The number of nitrogens with one attached hydrogen (secondary N) is 1. The van der Waals surface area contributed by atoms with Crippen LogP contribution >= 0.6 is 11.3 Å². The molecule has 0 aliphatic rings. The van der Waals surface area contributed by atoms with Gasteiger partial charge in [0.1, 0.15) is 5.52 Å². The van der Waals surface area contributed by atoms with Crippen LogP contribution in [-0.4, -0.2) is 30.4 Å². The summed E-state index contributed by atoms with van der Waals surface area (Å²) in [4.78, 5) is 30.9. The van der Waals surface area contributed by atoms with Crippen LogP contribution in [0.5, 0.6) is 0 Å². The Balaban J connectivity index is 1.50. The zero-order chi connectivity index (χ0) is 18.8. The molecule has 0 unspecified atom stereocenters. The number of aryl methyl sites for hydroxylation is 2. The summed E-state index contributed by atoms with van der Waals surface area (Å²) in [6, 6.07) is 5.67. The maximum atomic E-state index is 12.5. The van der Waals surface area contributed by atoms with Crippen molar-refractivity contribution in [2.75, 3.05) is 0 Å². The molecule has 1 amide bonds. The second-order valence-corrected chi connectivity index (χ2v) is 7.51. The van der Waals surface area contributed by atoms with Gasteiger partial charge in [0, 0.05) is 23.5 Å². The molecule has 136 valence electrons. The van der Waals surface area contributed by atoms with E-state index in [0.717, 1.165) is 26.8 Å². The summed E-state index contributed by atoms with van der Waals surface area (Å²) in [6.45, 7) is 5.01. The van der Waals surface area contributed by atoms with Crippen LogP contribution in [0.15, 0.2) is 43.1 Å². The largest absolute Gasteiger partial charge is 0.347 e. The highest BCUT2D eigenvalue weighted by atomic mass is 32.1. The maximum Gasteiger partial charge on any atom is 0.253 e. The van der Waals surface area contributed by atoms with E-state index in [9.17, 15) is 4.79 Å². The van der Waals surface area contributed by atoms with Crippen LogP contribution in [0, 0.1) is 13.8 Å². The van der Waals surface area contributed by atoms with Gasteiger partial charge in [0.2, 0.25) is 0 Å². The Morgan fingerprint density at radius 2 is 2.15 bits per heavy atom. The van der Waals surface area contributed by atoms with Crippen molar-refractivity contribution >= 4 is 28.4 Å². The van der Waals surface area contributed by atoms with Gasteiger partial charge in [-0.3, -0.25) is 9.78 Å². The number of hydrogen-bond donors (Lipinski definition) is 1. The number of hydrogen-bond acceptors (Lipinski definition) is 6. The Kier molecular flexibility index (Phi) is 4.64. The Morgan fingerprint density at radius 1 is 1.26 bits per heavy atom. The quantitative estimate of drug-likeness (QED) is 0.577. The molecule has 27 heavy (non-hydrogen) atoms. The van der Waals surface area contributed by atoms with Crippen molar-refractivity contribution in [1.82, 2.24) is 29.8 Å². The van der Waals surface area contributed by atoms with Gasteiger partial charge in [0.05, 0.1) is 35.7 Å². The SMILES string of the molecule is Cc1nc(C)c(CNC(=O)c2cnc3c(c2)ncn3Cc2cccnc2)s1. The molecule has 0 aliphatic heterocycles. The van der Waals surface area contributed by atoms with E-state index in [1.54, 1.807) is 36.1 Å². The molecule has 0 fully saturated rings. The third kappa shape index (κ3) is 3.70. The van der Waals surface area contributed by atoms with E-state index in [0.29, 0.717) is 24.2 Å². The number of carbonyl (C=O) groups is 1. The summed E-state index contributed by atoms with van der Waals surface area (Å²) < 4.78 is 1.94. The first kappa shape index (κ1) is 17.3. The second-order valence-electron chi connectivity index (χ2n) is 6.22. The highest BCUT2D eigenvalue weighted by Gasteiger charge is 2.12. The molecule has 0 saturated heterocycles. The highest BCUT2D eigenvalue weighted by molar-refractivity contribution is 7.11. The van der Waals surface area contributed by atoms with Gasteiger partial charge in [-0.05, 0) is 31.5 Å². The summed E-state index contributed by atoms with van der Waals surface area (Å²) >= 11 is 1.60. The lowest BCUT2D eigenvalue weighted by molar-refractivity contribution is 0.0951. The third-order valence-corrected chi connectivity index (χ3v) is 5.28. The summed E-state index contributed by atoms with van der Waals surface area (Å²) in [5.41, 5.74) is 3.95. The molecule has 0 atom stereocenters. The predicted molar refractivity (Wildman–Crippen MR) is 104 cm³/mol. The lowest BCUT2D eigenvalue weighted by atomic mass is 10.2. The number of amides is 1. The molecule has 4 rings (SSSR count). The Bertz CT molecular complexity index is 1100. The van der Waals surface area contributed by atoms with Crippen molar-refractivity contribution < 1.29 is 4.79 Å². The highest BCUT2D eigenvalue weighted by Crippen LogP contribution is 2.17. The zero-order valence-corrected chi connectivity index (χ0v) is 15.8. The van der Waals surface area contributed by atoms with Crippen LogP contribution in [0.1, 0.15) is 31.5 Å². The Morgan fingerprint density at radius 3 is 2.89 bits per heavy atom. The molecule has 0 spiro atoms. The molecule has 0 aromatic carbocycles. The fourth-order valence-corrected chi connectivity index (χ4v) is 3.75. The normalized spacial score (nSPS) is 11.0. The number of thiazole rings is 1. The molecule has 1 N–H and O–H groups in total. The van der Waals surface area contributed by atoms with Crippen LogP contribution in [0.2, 0.25) is 0 Å². The van der Waals surface area contributed by atoms with Crippen molar-refractivity contribution in [3.8, 4) is 0 Å². The topological polar surface area (TPSA) is 85.6 Å². The van der Waals surface area contributed by atoms with Crippen LogP contribution in [-0.2, 0) is 13.1 Å². The lowest BCUT2D eigenvalue weighted by Crippen LogP contribution is -2.22. The van der Waals surface area contributed by atoms with Gasteiger partial charge in [0.15, 0.2) is 5.65 Å². The molecule has 0 aliphatic carbocycles. The number of aromatic nitrogens is 5. The second kappa shape index (κ2) is 7.24. The van der Waals surface area contributed by atoms with Gasteiger partial charge >= 0.3 is 0 Å². The number of rotatable bonds is 5. The first-order valence-corrected chi connectivity index (χ1v) is 9.32. The molecular weight excluding hydrogens is 360 g/mol. The molecule has 0 radical (unpaired) electrons. The average molecular weight is 378 g/mol. The first-order chi connectivity index (χ1) is 13.1. The molecule has 7 nitrogen and oxygen atoms in total. The van der Waals surface area contributed by atoms with Crippen LogP contribution in [0.25, 0.3) is 11.2 Å². The van der Waals surface area contributed by atoms with Crippen molar-refractivity contribution in [2.24, 2.45) is 0 Å². The van der Waals surface area contributed by atoms with Gasteiger partial charge in [-0.1, -0.05) is 6.07 Å². The number of fused-ring (bicyclic) bond motifs is 1. The number of pyridine rings is 2. The lowest BCUT2D eigenvalue weighted by Gasteiger charge is -2.05. The Hall–Kier alpha value is -3.13. The minimum atomic E-state index is -0.170. The number of imidazole rings is 1. The smallest absolute Gasteiger partial charge is 0.253 e. The molecule has 0 bridgehead atoms. The van der Waals surface area contributed by atoms with Crippen molar-refractivity contribution in [1.29, 1.82) is 0 Å². The van der Waals surface area contributed by atoms with E-state index in [-0.39, 0.29) is 5.91 Å². The summed E-state index contributed by atoms with van der Waals surface area (Å²) in [5.74, 6) is -0.170. The van der Waals surface area contributed by atoms with Crippen molar-refractivity contribution in [3.05, 3.63) is 69.8 Å². The fourth-order valence-electron chi connectivity index (χ4n) is 2.88. The fraction of sp³-hybridized carbons (Fsp3) is 0.211. The summed E-state index contributed by atoms with van der Waals surface area (Å²) in [6.07, 6.45) is 6.88. The molecule has 8 heteroatoms. The van der Waals surface area contributed by atoms with Gasteiger partial charge in [-0.2, -0.15) is 0 Å². The minimum absolute atomic E-state index is 0.170. The molecule has 4 aromatic rings. The zero-order valence-electron chi connectivity index (χ0n) is 15.0. The third-order valence-electron chi connectivity index (χ3n) is 4.20. The first-order valence-electron chi connectivity index (χ1n) is 8.51. The van der Waals surface area contributed by atoms with Gasteiger partial charge in [-0.15, -0.1) is 11.3 Å². The molecule has 4 heterocycles. The average Bonchev–Trinajstić information content (AvgIpc) is 3.22. The monoisotopic (exact) mass is 378 g/mol. The van der Waals surface area contributed by atoms with E-state index in [1.807, 2.05) is 36.7 Å².